The molecule has 4 heteroatoms. The van der Waals surface area contributed by atoms with E-state index in [1.807, 2.05) is 37.3 Å². The van der Waals surface area contributed by atoms with Crippen LogP contribution in [0.4, 0.5) is 0 Å². The van der Waals surface area contributed by atoms with Crippen LogP contribution in [0.2, 0.25) is 0 Å². The molecule has 0 saturated carbocycles. The third kappa shape index (κ3) is 2.83. The van der Waals surface area contributed by atoms with Gasteiger partial charge in [-0.2, -0.15) is 0 Å². The fourth-order valence-corrected chi connectivity index (χ4v) is 2.62. The zero-order valence-corrected chi connectivity index (χ0v) is 13.2. The van der Waals surface area contributed by atoms with Crippen LogP contribution in [0.25, 0.3) is 0 Å². The van der Waals surface area contributed by atoms with Crippen LogP contribution in [0.5, 0.6) is 0 Å². The Balaban J connectivity index is 1.83. The van der Waals surface area contributed by atoms with Crippen molar-refractivity contribution in [2.24, 2.45) is 7.05 Å². The summed E-state index contributed by atoms with van der Waals surface area (Å²) in [5.74, 6) is 1.94. The van der Waals surface area contributed by atoms with Gasteiger partial charge in [0.1, 0.15) is 11.6 Å². The van der Waals surface area contributed by atoms with Crippen molar-refractivity contribution in [1.29, 1.82) is 0 Å². The topological polar surface area (TPSA) is 43.0 Å². The molecule has 1 atom stereocenters. The van der Waals surface area contributed by atoms with Crippen LogP contribution >= 0.6 is 0 Å². The van der Waals surface area contributed by atoms with Crippen LogP contribution in [0, 0.1) is 13.8 Å². The average molecular weight is 295 g/mol. The van der Waals surface area contributed by atoms with E-state index in [9.17, 15) is 0 Å². The van der Waals surface area contributed by atoms with E-state index in [0.29, 0.717) is 6.54 Å². The fraction of sp³-hybridized carbons (Fsp3) is 0.278. The minimum atomic E-state index is 0.0218. The Labute approximate surface area is 130 Å². The highest BCUT2D eigenvalue weighted by Gasteiger charge is 2.17. The van der Waals surface area contributed by atoms with Gasteiger partial charge in [-0.25, -0.2) is 4.98 Å². The first-order chi connectivity index (χ1) is 10.7. The first-order valence-corrected chi connectivity index (χ1v) is 7.47. The third-order valence-electron chi connectivity index (χ3n) is 4.14. The maximum Gasteiger partial charge on any atom is 0.125 e. The number of rotatable bonds is 5. The molecule has 2 heterocycles. The highest BCUT2D eigenvalue weighted by atomic mass is 16.3. The van der Waals surface area contributed by atoms with Gasteiger partial charge in [0.2, 0.25) is 0 Å². The summed E-state index contributed by atoms with van der Waals surface area (Å²) >= 11 is 0. The molecule has 0 saturated heterocycles. The minimum absolute atomic E-state index is 0.0218. The number of nitrogens with one attached hydrogen (secondary N) is 1. The van der Waals surface area contributed by atoms with Crippen molar-refractivity contribution in [1.82, 2.24) is 14.9 Å². The van der Waals surface area contributed by atoms with Crippen LogP contribution in [0.15, 0.2) is 53.1 Å². The van der Waals surface area contributed by atoms with Crippen LogP contribution < -0.4 is 5.32 Å². The molecule has 0 aliphatic carbocycles. The first kappa shape index (κ1) is 14.6. The summed E-state index contributed by atoms with van der Waals surface area (Å²) in [6.45, 7) is 4.82. The SMILES string of the molecule is Cc1nc(CNC(c2ccccc2)c2ccco2)n(C)c1C. The monoisotopic (exact) mass is 295 g/mol. The van der Waals surface area contributed by atoms with E-state index in [2.05, 4.69) is 41.0 Å². The highest BCUT2D eigenvalue weighted by molar-refractivity contribution is 5.26. The number of benzene rings is 1. The zero-order chi connectivity index (χ0) is 15.5. The molecule has 0 fully saturated rings. The van der Waals surface area contributed by atoms with Gasteiger partial charge in [-0.1, -0.05) is 30.3 Å². The van der Waals surface area contributed by atoms with E-state index in [1.165, 1.54) is 11.3 Å². The summed E-state index contributed by atoms with van der Waals surface area (Å²) in [4.78, 5) is 4.63. The van der Waals surface area contributed by atoms with Crippen LogP contribution in [0.1, 0.15) is 34.6 Å². The van der Waals surface area contributed by atoms with Gasteiger partial charge >= 0.3 is 0 Å². The lowest BCUT2D eigenvalue weighted by molar-refractivity contribution is 0.440. The summed E-state index contributed by atoms with van der Waals surface area (Å²) in [7, 11) is 2.05. The summed E-state index contributed by atoms with van der Waals surface area (Å²) in [6.07, 6.45) is 1.71. The fourth-order valence-electron chi connectivity index (χ4n) is 2.62. The molecule has 0 radical (unpaired) electrons. The van der Waals surface area contributed by atoms with Crippen molar-refractivity contribution >= 4 is 0 Å². The molecule has 22 heavy (non-hydrogen) atoms. The predicted molar refractivity (Wildman–Crippen MR) is 86.5 cm³/mol. The maximum atomic E-state index is 5.61. The van der Waals surface area contributed by atoms with Gasteiger partial charge in [0.15, 0.2) is 0 Å². The van der Waals surface area contributed by atoms with Crippen LogP contribution in [-0.2, 0) is 13.6 Å². The second-order valence-electron chi connectivity index (χ2n) is 5.50. The Morgan fingerprint density at radius 2 is 1.91 bits per heavy atom. The van der Waals surface area contributed by atoms with Crippen molar-refractivity contribution < 1.29 is 4.42 Å². The molecule has 0 bridgehead atoms. The van der Waals surface area contributed by atoms with Gasteiger partial charge in [-0.15, -0.1) is 0 Å². The standard InChI is InChI=1S/C18H21N3O/c1-13-14(2)21(3)17(20-13)12-19-18(16-10-7-11-22-16)15-8-5-4-6-9-15/h4-11,18-19H,12H2,1-3H3. The summed E-state index contributed by atoms with van der Waals surface area (Å²) < 4.78 is 7.74. The zero-order valence-electron chi connectivity index (χ0n) is 13.2. The van der Waals surface area contributed by atoms with Crippen molar-refractivity contribution in [2.45, 2.75) is 26.4 Å². The Kier molecular flexibility index (Phi) is 4.11. The normalized spacial score (nSPS) is 12.5. The number of hydrogen-bond donors (Lipinski definition) is 1. The molecule has 114 valence electrons. The molecule has 2 aromatic heterocycles. The molecule has 1 N–H and O–H groups in total. The smallest absolute Gasteiger partial charge is 0.125 e. The van der Waals surface area contributed by atoms with Crippen LogP contribution in [-0.4, -0.2) is 9.55 Å². The molecule has 0 spiro atoms. The summed E-state index contributed by atoms with van der Waals surface area (Å²) in [5, 5.41) is 3.56. The molecular weight excluding hydrogens is 274 g/mol. The highest BCUT2D eigenvalue weighted by Crippen LogP contribution is 2.23. The average Bonchev–Trinajstić information content (AvgIpc) is 3.14. The number of aryl methyl sites for hydroxylation is 1. The van der Waals surface area contributed by atoms with E-state index in [4.69, 9.17) is 4.42 Å². The third-order valence-corrected chi connectivity index (χ3v) is 4.14. The van der Waals surface area contributed by atoms with Gasteiger partial charge in [-0.3, -0.25) is 5.32 Å². The van der Waals surface area contributed by atoms with E-state index < -0.39 is 0 Å². The largest absolute Gasteiger partial charge is 0.467 e. The van der Waals surface area contributed by atoms with Gasteiger partial charge in [-0.05, 0) is 31.5 Å². The second-order valence-corrected chi connectivity index (χ2v) is 5.50. The lowest BCUT2D eigenvalue weighted by atomic mass is 10.0. The Hall–Kier alpha value is -2.33. The Bertz CT molecular complexity index is 729. The molecule has 0 aliphatic rings. The van der Waals surface area contributed by atoms with E-state index in [0.717, 1.165) is 17.3 Å². The Morgan fingerprint density at radius 1 is 1.14 bits per heavy atom. The van der Waals surface area contributed by atoms with Gasteiger partial charge in [0, 0.05) is 12.7 Å². The van der Waals surface area contributed by atoms with Crippen LogP contribution in [0.3, 0.4) is 0 Å². The number of nitrogens with zero attached hydrogens (tertiary/aromatic N) is 2. The summed E-state index contributed by atoms with van der Waals surface area (Å²) in [5.41, 5.74) is 3.46. The van der Waals surface area contributed by atoms with Gasteiger partial charge < -0.3 is 8.98 Å². The molecule has 4 nitrogen and oxygen atoms in total. The van der Waals surface area contributed by atoms with E-state index in [-0.39, 0.29) is 6.04 Å². The maximum absolute atomic E-state index is 5.61. The lowest BCUT2D eigenvalue weighted by Gasteiger charge is -2.17. The number of imidazole rings is 1. The minimum Gasteiger partial charge on any atom is -0.467 e. The van der Waals surface area contributed by atoms with Gasteiger partial charge in [0.25, 0.3) is 0 Å². The number of aromatic nitrogens is 2. The first-order valence-electron chi connectivity index (χ1n) is 7.47. The van der Waals surface area contributed by atoms with E-state index >= 15 is 0 Å². The van der Waals surface area contributed by atoms with Crippen molar-refractivity contribution in [3.63, 3.8) is 0 Å². The molecule has 3 aromatic rings. The molecule has 1 aromatic carbocycles. The Morgan fingerprint density at radius 3 is 2.50 bits per heavy atom. The number of hydrogen-bond acceptors (Lipinski definition) is 3. The molecule has 0 aliphatic heterocycles. The number of furan rings is 1. The summed E-state index contributed by atoms with van der Waals surface area (Å²) in [6, 6.07) is 14.3. The molecule has 1 unspecified atom stereocenters. The van der Waals surface area contributed by atoms with E-state index in [1.54, 1.807) is 6.26 Å². The van der Waals surface area contributed by atoms with Crippen molar-refractivity contribution in [2.75, 3.05) is 0 Å². The van der Waals surface area contributed by atoms with Crippen molar-refractivity contribution in [3.05, 3.63) is 77.3 Å². The van der Waals surface area contributed by atoms with Crippen molar-refractivity contribution in [3.8, 4) is 0 Å². The molecular formula is C18H21N3O. The predicted octanol–water partition coefficient (Wildman–Crippen LogP) is 3.51. The second kappa shape index (κ2) is 6.20. The molecule has 0 amide bonds. The quantitative estimate of drug-likeness (QED) is 0.783. The lowest BCUT2D eigenvalue weighted by Crippen LogP contribution is -2.23. The molecule has 3 rings (SSSR count). The van der Waals surface area contributed by atoms with Gasteiger partial charge in [0.05, 0.1) is 24.5 Å².